The number of amides is 4. The second-order valence-electron chi connectivity index (χ2n) is 4.94. The highest BCUT2D eigenvalue weighted by Crippen LogP contribution is 2.27. The van der Waals surface area contributed by atoms with E-state index in [-0.39, 0.29) is 6.54 Å². The number of aryl methyl sites for hydroxylation is 1. The number of carbonyl (C=O) groups is 3. The lowest BCUT2D eigenvalue weighted by molar-refractivity contribution is -0.128. The van der Waals surface area contributed by atoms with E-state index in [0.29, 0.717) is 5.01 Å². The summed E-state index contributed by atoms with van der Waals surface area (Å²) < 4.78 is 0. The Labute approximate surface area is 142 Å². The van der Waals surface area contributed by atoms with E-state index in [1.54, 1.807) is 0 Å². The molecule has 0 unspecified atom stereocenters. The molecule has 9 heteroatoms. The second kappa shape index (κ2) is 7.55. The third-order valence-electron chi connectivity index (χ3n) is 3.13. The van der Waals surface area contributed by atoms with Crippen LogP contribution in [0.3, 0.4) is 0 Å². The van der Waals surface area contributed by atoms with E-state index < -0.39 is 23.9 Å². The number of primary amides is 2. The van der Waals surface area contributed by atoms with Crippen molar-refractivity contribution in [3.63, 3.8) is 0 Å². The van der Waals surface area contributed by atoms with Crippen molar-refractivity contribution in [3.8, 4) is 11.3 Å². The predicted octanol–water partition coefficient (Wildman–Crippen LogP) is 0.257. The maximum absolute atomic E-state index is 11.7. The van der Waals surface area contributed by atoms with Gasteiger partial charge in [0.05, 0.1) is 12.2 Å². The summed E-state index contributed by atoms with van der Waals surface area (Å²) in [5.74, 6) is -2.04. The summed E-state index contributed by atoms with van der Waals surface area (Å²) in [6.45, 7) is 2.09. The third-order valence-corrected chi connectivity index (χ3v) is 4.10. The second-order valence-corrected chi connectivity index (χ2v) is 6.23. The smallest absolute Gasteiger partial charge is 0.316 e. The standard InChI is InChI=1S/C15H17N5O3S/c1-8-11(9-5-3-2-4-6-9)19-10(24-8)7-18-15(23)20-12(13(16)21)14(17)22/h2-6,12H,7H2,1H3,(H2,16,21)(H2,17,22)(H2,18,20,23). The molecule has 1 heterocycles. The van der Waals surface area contributed by atoms with Gasteiger partial charge in [0.2, 0.25) is 11.8 Å². The third kappa shape index (κ3) is 4.29. The molecule has 0 aliphatic rings. The van der Waals surface area contributed by atoms with Crippen molar-refractivity contribution in [2.24, 2.45) is 11.5 Å². The Morgan fingerprint density at radius 1 is 1.17 bits per heavy atom. The summed E-state index contributed by atoms with van der Waals surface area (Å²) in [5, 5.41) is 5.32. The zero-order valence-electron chi connectivity index (χ0n) is 12.9. The number of nitrogens with two attached hydrogens (primary N) is 2. The average molecular weight is 347 g/mol. The van der Waals surface area contributed by atoms with E-state index in [9.17, 15) is 14.4 Å². The SMILES string of the molecule is Cc1sc(CNC(=O)NC(C(N)=O)C(N)=O)nc1-c1ccccc1. The molecule has 0 fully saturated rings. The molecular formula is C15H17N5O3S. The van der Waals surface area contributed by atoms with Crippen LogP contribution < -0.4 is 22.1 Å². The Bertz CT molecular complexity index is 746. The van der Waals surface area contributed by atoms with Gasteiger partial charge in [0, 0.05) is 10.4 Å². The molecule has 2 aromatic rings. The van der Waals surface area contributed by atoms with Gasteiger partial charge in [-0.2, -0.15) is 0 Å². The van der Waals surface area contributed by atoms with Crippen molar-refractivity contribution < 1.29 is 14.4 Å². The molecule has 1 aromatic carbocycles. The van der Waals surface area contributed by atoms with Gasteiger partial charge < -0.3 is 22.1 Å². The number of nitrogens with zero attached hydrogens (tertiary/aromatic N) is 1. The van der Waals surface area contributed by atoms with Crippen molar-refractivity contribution in [1.82, 2.24) is 15.6 Å². The molecule has 0 atom stereocenters. The van der Waals surface area contributed by atoms with Crippen LogP contribution in [0.4, 0.5) is 4.79 Å². The molecule has 0 aliphatic carbocycles. The Balaban J connectivity index is 1.99. The number of nitrogens with one attached hydrogen (secondary N) is 2. The summed E-state index contributed by atoms with van der Waals surface area (Å²) in [6.07, 6.45) is 0. The first kappa shape index (κ1) is 17.4. The van der Waals surface area contributed by atoms with Gasteiger partial charge in [-0.05, 0) is 6.92 Å². The fourth-order valence-electron chi connectivity index (χ4n) is 2.01. The predicted molar refractivity (Wildman–Crippen MR) is 89.8 cm³/mol. The minimum Gasteiger partial charge on any atom is -0.367 e. The van der Waals surface area contributed by atoms with Gasteiger partial charge in [0.1, 0.15) is 5.01 Å². The normalized spacial score (nSPS) is 10.4. The largest absolute Gasteiger partial charge is 0.367 e. The van der Waals surface area contributed by atoms with Crippen LogP contribution in [-0.2, 0) is 16.1 Å². The molecule has 0 aliphatic heterocycles. The molecule has 1 aromatic heterocycles. The first-order valence-corrected chi connectivity index (χ1v) is 7.85. The van der Waals surface area contributed by atoms with E-state index in [2.05, 4.69) is 15.6 Å². The molecule has 0 bridgehead atoms. The summed E-state index contributed by atoms with van der Waals surface area (Å²) in [5.41, 5.74) is 11.8. The Kier molecular flexibility index (Phi) is 5.48. The van der Waals surface area contributed by atoms with Crippen molar-refractivity contribution in [3.05, 3.63) is 40.2 Å². The van der Waals surface area contributed by atoms with E-state index in [0.717, 1.165) is 16.1 Å². The van der Waals surface area contributed by atoms with Crippen molar-refractivity contribution in [1.29, 1.82) is 0 Å². The summed E-state index contributed by atoms with van der Waals surface area (Å²) >= 11 is 1.45. The lowest BCUT2D eigenvalue weighted by Crippen LogP contribution is -2.54. The van der Waals surface area contributed by atoms with Crippen LogP contribution >= 0.6 is 11.3 Å². The summed E-state index contributed by atoms with van der Waals surface area (Å²) in [4.78, 5) is 39.3. The molecule has 0 spiro atoms. The zero-order chi connectivity index (χ0) is 17.7. The fraction of sp³-hybridized carbons (Fsp3) is 0.200. The van der Waals surface area contributed by atoms with Gasteiger partial charge in [-0.3, -0.25) is 9.59 Å². The topological polar surface area (TPSA) is 140 Å². The molecule has 126 valence electrons. The zero-order valence-corrected chi connectivity index (χ0v) is 13.7. The molecule has 4 amide bonds. The number of benzene rings is 1. The minimum absolute atomic E-state index is 0.147. The average Bonchev–Trinajstić information content (AvgIpc) is 2.92. The Morgan fingerprint density at radius 3 is 2.38 bits per heavy atom. The summed E-state index contributed by atoms with van der Waals surface area (Å²) in [7, 11) is 0. The van der Waals surface area contributed by atoms with E-state index in [1.807, 2.05) is 37.3 Å². The van der Waals surface area contributed by atoms with E-state index in [4.69, 9.17) is 11.5 Å². The van der Waals surface area contributed by atoms with Gasteiger partial charge in [-0.1, -0.05) is 30.3 Å². The van der Waals surface area contributed by atoms with Crippen LogP contribution in [0.1, 0.15) is 9.88 Å². The van der Waals surface area contributed by atoms with Crippen LogP contribution in [0.5, 0.6) is 0 Å². The molecule has 2 rings (SSSR count). The van der Waals surface area contributed by atoms with Crippen LogP contribution in [0.25, 0.3) is 11.3 Å². The van der Waals surface area contributed by atoms with Gasteiger partial charge in [-0.15, -0.1) is 11.3 Å². The van der Waals surface area contributed by atoms with Crippen LogP contribution in [0, 0.1) is 6.92 Å². The van der Waals surface area contributed by atoms with E-state index >= 15 is 0 Å². The van der Waals surface area contributed by atoms with Gasteiger partial charge >= 0.3 is 6.03 Å². The highest BCUT2D eigenvalue weighted by atomic mass is 32.1. The van der Waals surface area contributed by atoms with E-state index in [1.165, 1.54) is 11.3 Å². The Morgan fingerprint density at radius 2 is 1.79 bits per heavy atom. The minimum atomic E-state index is -1.55. The molecule has 0 saturated carbocycles. The van der Waals surface area contributed by atoms with Crippen LogP contribution in [0.2, 0.25) is 0 Å². The van der Waals surface area contributed by atoms with Gasteiger partial charge in [0.25, 0.3) is 0 Å². The lowest BCUT2D eigenvalue weighted by atomic mass is 10.1. The molecule has 6 N–H and O–H groups in total. The molecular weight excluding hydrogens is 330 g/mol. The molecule has 0 saturated heterocycles. The van der Waals surface area contributed by atoms with Crippen molar-refractivity contribution in [2.45, 2.75) is 19.5 Å². The highest BCUT2D eigenvalue weighted by molar-refractivity contribution is 7.12. The maximum Gasteiger partial charge on any atom is 0.316 e. The van der Waals surface area contributed by atoms with Crippen molar-refractivity contribution >= 4 is 29.2 Å². The van der Waals surface area contributed by atoms with Gasteiger partial charge in [-0.25, -0.2) is 9.78 Å². The molecule has 0 radical (unpaired) electrons. The number of aromatic nitrogens is 1. The first-order chi connectivity index (χ1) is 11.4. The van der Waals surface area contributed by atoms with Crippen LogP contribution in [-0.4, -0.2) is 28.9 Å². The Hall–Kier alpha value is -2.94. The number of hydrogen-bond donors (Lipinski definition) is 4. The summed E-state index contributed by atoms with van der Waals surface area (Å²) in [6, 6.07) is 7.40. The monoisotopic (exact) mass is 347 g/mol. The number of carbonyl (C=O) groups excluding carboxylic acids is 3. The highest BCUT2D eigenvalue weighted by Gasteiger charge is 2.23. The number of urea groups is 1. The number of hydrogen-bond acceptors (Lipinski definition) is 5. The number of thiazole rings is 1. The number of rotatable bonds is 6. The fourth-order valence-corrected chi connectivity index (χ4v) is 2.91. The van der Waals surface area contributed by atoms with Crippen LogP contribution in [0.15, 0.2) is 30.3 Å². The maximum atomic E-state index is 11.7. The van der Waals surface area contributed by atoms with Gasteiger partial charge in [0.15, 0.2) is 6.04 Å². The first-order valence-electron chi connectivity index (χ1n) is 7.03. The molecule has 24 heavy (non-hydrogen) atoms. The lowest BCUT2D eigenvalue weighted by Gasteiger charge is -2.12. The quantitative estimate of drug-likeness (QED) is 0.556. The molecule has 8 nitrogen and oxygen atoms in total. The van der Waals surface area contributed by atoms with Crippen molar-refractivity contribution in [2.75, 3.05) is 0 Å².